The first kappa shape index (κ1) is 12.3. The molecule has 0 heterocycles. The number of hydrogen-bond donors (Lipinski definition) is 0. The molecule has 0 saturated heterocycles. The zero-order chi connectivity index (χ0) is 13.6. The third-order valence-corrected chi connectivity index (χ3v) is 3.86. The summed E-state index contributed by atoms with van der Waals surface area (Å²) >= 11 is 2.13. The van der Waals surface area contributed by atoms with Crippen molar-refractivity contribution in [3.05, 3.63) is 62.2 Å². The summed E-state index contributed by atoms with van der Waals surface area (Å²) in [4.78, 5) is 25.0. The zero-order valence-corrected chi connectivity index (χ0v) is 12.2. The van der Waals surface area contributed by atoms with Gasteiger partial charge in [-0.05, 0) is 46.9 Å². The van der Waals surface area contributed by atoms with Gasteiger partial charge in [0.2, 0.25) is 0 Å². The van der Waals surface area contributed by atoms with Gasteiger partial charge in [-0.1, -0.05) is 12.1 Å². The van der Waals surface area contributed by atoms with E-state index in [1.54, 1.807) is 30.3 Å². The van der Waals surface area contributed by atoms with Crippen LogP contribution in [0.5, 0.6) is 5.75 Å². The van der Waals surface area contributed by atoms with E-state index in [9.17, 15) is 9.59 Å². The second-order valence-electron chi connectivity index (χ2n) is 4.23. The van der Waals surface area contributed by atoms with Crippen LogP contribution < -0.4 is 4.74 Å². The van der Waals surface area contributed by atoms with Crippen molar-refractivity contribution in [3.63, 3.8) is 0 Å². The molecule has 2 aromatic carbocycles. The van der Waals surface area contributed by atoms with Gasteiger partial charge in [-0.3, -0.25) is 9.59 Å². The van der Waals surface area contributed by atoms with Crippen molar-refractivity contribution in [3.8, 4) is 5.75 Å². The van der Waals surface area contributed by atoms with Crippen LogP contribution in [0.4, 0.5) is 0 Å². The number of benzene rings is 2. The standard InChI is InChI=1S/C15H9IO3/c1-19-12-4-2-3-10-13(12)15(18)9-6-5-8(16)7-11(9)14(10)17/h2-7H,1H3. The fourth-order valence-electron chi connectivity index (χ4n) is 2.31. The van der Waals surface area contributed by atoms with Gasteiger partial charge in [-0.2, -0.15) is 0 Å². The van der Waals surface area contributed by atoms with Crippen LogP contribution in [0.1, 0.15) is 31.8 Å². The molecule has 0 aromatic heterocycles. The molecule has 0 spiro atoms. The minimum Gasteiger partial charge on any atom is -0.496 e. The molecule has 0 radical (unpaired) electrons. The Morgan fingerprint density at radius 3 is 2.47 bits per heavy atom. The number of rotatable bonds is 1. The molecule has 0 N–H and O–H groups in total. The highest BCUT2D eigenvalue weighted by molar-refractivity contribution is 14.1. The lowest BCUT2D eigenvalue weighted by Gasteiger charge is -2.19. The fourth-order valence-corrected chi connectivity index (χ4v) is 2.80. The Morgan fingerprint density at radius 1 is 0.947 bits per heavy atom. The molecule has 0 atom stereocenters. The number of halogens is 1. The van der Waals surface area contributed by atoms with Crippen molar-refractivity contribution in [2.24, 2.45) is 0 Å². The molecule has 0 fully saturated rings. The van der Waals surface area contributed by atoms with Crippen LogP contribution in [0.3, 0.4) is 0 Å². The lowest BCUT2D eigenvalue weighted by molar-refractivity contribution is 0.0976. The number of ether oxygens (including phenoxy) is 1. The van der Waals surface area contributed by atoms with Crippen LogP contribution in [-0.2, 0) is 0 Å². The maximum absolute atomic E-state index is 12.5. The topological polar surface area (TPSA) is 43.4 Å². The summed E-state index contributed by atoms with van der Waals surface area (Å²) in [7, 11) is 1.50. The lowest BCUT2D eigenvalue weighted by Crippen LogP contribution is -2.21. The summed E-state index contributed by atoms with van der Waals surface area (Å²) in [5.74, 6) is 0.167. The molecule has 4 heteroatoms. The van der Waals surface area contributed by atoms with Gasteiger partial charge in [0.1, 0.15) is 5.75 Å². The number of ketones is 2. The van der Waals surface area contributed by atoms with Gasteiger partial charge >= 0.3 is 0 Å². The second-order valence-corrected chi connectivity index (χ2v) is 5.48. The van der Waals surface area contributed by atoms with Gasteiger partial charge in [0.25, 0.3) is 0 Å². The van der Waals surface area contributed by atoms with E-state index in [1.165, 1.54) is 7.11 Å². The average molecular weight is 364 g/mol. The SMILES string of the molecule is COc1cccc2c1C(=O)c1ccc(I)cc1C2=O. The van der Waals surface area contributed by atoms with Gasteiger partial charge in [0.05, 0.1) is 12.7 Å². The molecule has 0 unspecified atom stereocenters. The van der Waals surface area contributed by atoms with E-state index in [0.29, 0.717) is 28.0 Å². The Hall–Kier alpha value is -1.69. The van der Waals surface area contributed by atoms with Gasteiger partial charge in [0.15, 0.2) is 11.6 Å². The first-order valence-electron chi connectivity index (χ1n) is 5.69. The summed E-state index contributed by atoms with van der Waals surface area (Å²) in [6, 6.07) is 10.4. The predicted molar refractivity (Wildman–Crippen MR) is 79.0 cm³/mol. The van der Waals surface area contributed by atoms with E-state index in [-0.39, 0.29) is 11.6 Å². The molecule has 3 nitrogen and oxygen atoms in total. The minimum atomic E-state index is -0.154. The normalized spacial score (nSPS) is 12.9. The average Bonchev–Trinajstić information content (AvgIpc) is 2.43. The van der Waals surface area contributed by atoms with Crippen LogP contribution >= 0.6 is 22.6 Å². The number of fused-ring (bicyclic) bond motifs is 2. The van der Waals surface area contributed by atoms with E-state index >= 15 is 0 Å². The van der Waals surface area contributed by atoms with Crippen LogP contribution in [0, 0.1) is 3.57 Å². The highest BCUT2D eigenvalue weighted by Gasteiger charge is 2.32. The molecule has 1 aliphatic rings. The van der Waals surface area contributed by atoms with Crippen molar-refractivity contribution in [1.82, 2.24) is 0 Å². The third kappa shape index (κ3) is 1.78. The van der Waals surface area contributed by atoms with E-state index in [0.717, 1.165) is 3.57 Å². The smallest absolute Gasteiger partial charge is 0.198 e. The molecule has 0 aliphatic heterocycles. The summed E-state index contributed by atoms with van der Waals surface area (Å²) in [6.07, 6.45) is 0. The van der Waals surface area contributed by atoms with Gasteiger partial charge in [-0.15, -0.1) is 0 Å². The van der Waals surface area contributed by atoms with E-state index < -0.39 is 0 Å². The maximum atomic E-state index is 12.5. The van der Waals surface area contributed by atoms with Gasteiger partial charge in [-0.25, -0.2) is 0 Å². The summed E-state index contributed by atoms with van der Waals surface area (Å²) in [5, 5.41) is 0. The molecule has 19 heavy (non-hydrogen) atoms. The highest BCUT2D eigenvalue weighted by atomic mass is 127. The van der Waals surface area contributed by atoms with Crippen molar-refractivity contribution < 1.29 is 14.3 Å². The van der Waals surface area contributed by atoms with E-state index in [4.69, 9.17) is 4.74 Å². The monoisotopic (exact) mass is 364 g/mol. The Bertz CT molecular complexity index is 719. The first-order valence-corrected chi connectivity index (χ1v) is 6.77. The van der Waals surface area contributed by atoms with Crippen molar-refractivity contribution in [2.75, 3.05) is 7.11 Å². The predicted octanol–water partition coefficient (Wildman–Crippen LogP) is 3.08. The largest absolute Gasteiger partial charge is 0.496 e. The molecule has 2 aromatic rings. The number of carbonyl (C=O) groups excluding carboxylic acids is 2. The number of methoxy groups -OCH3 is 1. The molecule has 0 bridgehead atoms. The maximum Gasteiger partial charge on any atom is 0.198 e. The Kier molecular flexibility index (Phi) is 2.89. The van der Waals surface area contributed by atoms with Crippen molar-refractivity contribution >= 4 is 34.2 Å². The highest BCUT2D eigenvalue weighted by Crippen LogP contribution is 2.33. The van der Waals surface area contributed by atoms with Gasteiger partial charge < -0.3 is 4.74 Å². The van der Waals surface area contributed by atoms with Crippen molar-refractivity contribution in [2.45, 2.75) is 0 Å². The van der Waals surface area contributed by atoms with E-state index in [2.05, 4.69) is 22.6 Å². The quantitative estimate of drug-likeness (QED) is 0.624. The van der Waals surface area contributed by atoms with Crippen LogP contribution in [0.15, 0.2) is 36.4 Å². The molecule has 3 rings (SSSR count). The van der Waals surface area contributed by atoms with Crippen LogP contribution in [0.25, 0.3) is 0 Å². The summed E-state index contributed by atoms with van der Waals surface area (Å²) < 4.78 is 6.13. The third-order valence-electron chi connectivity index (χ3n) is 3.19. The molecular formula is C15H9IO3. The van der Waals surface area contributed by atoms with Crippen molar-refractivity contribution in [1.29, 1.82) is 0 Å². The fraction of sp³-hybridized carbons (Fsp3) is 0.0667. The molecule has 94 valence electrons. The summed E-state index contributed by atoms with van der Waals surface area (Å²) in [5.41, 5.74) is 1.70. The van der Waals surface area contributed by atoms with E-state index in [1.807, 2.05) is 6.07 Å². The Balaban J connectivity index is 2.32. The number of carbonyl (C=O) groups is 2. The Morgan fingerprint density at radius 2 is 1.74 bits per heavy atom. The second kappa shape index (κ2) is 4.45. The Labute approximate surface area is 123 Å². The molecule has 0 amide bonds. The van der Waals surface area contributed by atoms with Gasteiger partial charge in [0, 0.05) is 20.3 Å². The zero-order valence-electron chi connectivity index (χ0n) is 10.1. The molecule has 1 aliphatic carbocycles. The molecular weight excluding hydrogens is 355 g/mol. The summed E-state index contributed by atoms with van der Waals surface area (Å²) in [6.45, 7) is 0. The number of hydrogen-bond acceptors (Lipinski definition) is 3. The molecule has 0 saturated carbocycles. The lowest BCUT2D eigenvalue weighted by atomic mass is 9.84. The van der Waals surface area contributed by atoms with Crippen LogP contribution in [0.2, 0.25) is 0 Å². The van der Waals surface area contributed by atoms with Crippen LogP contribution in [-0.4, -0.2) is 18.7 Å². The first-order chi connectivity index (χ1) is 9.13. The minimum absolute atomic E-state index is 0.123.